The summed E-state index contributed by atoms with van der Waals surface area (Å²) in [4.78, 5) is 48.8. The topological polar surface area (TPSA) is 108 Å². The van der Waals surface area contributed by atoms with Crippen LogP contribution < -0.4 is 0 Å². The Labute approximate surface area is 143 Å². The summed E-state index contributed by atoms with van der Waals surface area (Å²) in [6.07, 6.45) is 6.63. The molecule has 25 heavy (non-hydrogen) atoms. The lowest BCUT2D eigenvalue weighted by molar-refractivity contribution is -0.144. The van der Waals surface area contributed by atoms with E-state index in [9.17, 15) is 19.2 Å². The van der Waals surface area contributed by atoms with Gasteiger partial charge in [-0.1, -0.05) is 6.08 Å². The quantitative estimate of drug-likeness (QED) is 0.226. The van der Waals surface area contributed by atoms with E-state index in [0.29, 0.717) is 0 Å². The second-order valence-corrected chi connectivity index (χ2v) is 4.36. The van der Waals surface area contributed by atoms with Crippen LogP contribution in [0.1, 0.15) is 0 Å². The zero-order valence-electron chi connectivity index (χ0n) is 14.1. The molecule has 0 fully saturated rings. The van der Waals surface area contributed by atoms with E-state index in [1.807, 2.05) is 0 Å². The van der Waals surface area contributed by atoms with Gasteiger partial charge >= 0.3 is 23.9 Å². The number of allylic oxidation sites excluding steroid dienone is 3. The van der Waals surface area contributed by atoms with Crippen LogP contribution in [-0.2, 0) is 38.1 Å². The van der Waals surface area contributed by atoms with Gasteiger partial charge in [0, 0.05) is 6.20 Å². The number of carbonyl (C=O) groups excluding carboxylic acids is 4. The summed E-state index contributed by atoms with van der Waals surface area (Å²) in [7, 11) is 4.42. The molecule has 0 spiro atoms. The fraction of sp³-hybridized carbons (Fsp3) is 0.250. The zero-order chi connectivity index (χ0) is 19.0. The van der Waals surface area contributed by atoms with Gasteiger partial charge in [0.25, 0.3) is 0 Å². The van der Waals surface area contributed by atoms with E-state index in [-0.39, 0.29) is 11.4 Å². The molecule has 0 bridgehead atoms. The van der Waals surface area contributed by atoms with Crippen molar-refractivity contribution in [1.29, 1.82) is 0 Å². The largest absolute Gasteiger partial charge is 0.466 e. The van der Waals surface area contributed by atoms with Gasteiger partial charge < -0.3 is 23.8 Å². The van der Waals surface area contributed by atoms with Crippen LogP contribution in [0.3, 0.4) is 0 Å². The first kappa shape index (κ1) is 19.7. The van der Waals surface area contributed by atoms with Crippen molar-refractivity contribution in [2.75, 3.05) is 28.4 Å². The van der Waals surface area contributed by atoms with E-state index in [4.69, 9.17) is 0 Å². The maximum absolute atomic E-state index is 12.1. The molecule has 0 saturated heterocycles. The van der Waals surface area contributed by atoms with Gasteiger partial charge in [-0.25, -0.2) is 19.2 Å². The average Bonchev–Trinajstić information content (AvgIpc) is 2.65. The van der Waals surface area contributed by atoms with E-state index < -0.39 is 29.5 Å². The van der Waals surface area contributed by atoms with E-state index >= 15 is 0 Å². The lowest BCUT2D eigenvalue weighted by Gasteiger charge is -2.26. The number of esters is 4. The number of carbonyl (C=O) groups is 4. The molecule has 0 unspecified atom stereocenters. The Morgan fingerprint density at radius 1 is 0.840 bits per heavy atom. The minimum atomic E-state index is -0.978. The van der Waals surface area contributed by atoms with Gasteiger partial charge in [-0.15, -0.1) is 0 Å². The monoisotopic (exact) mass is 351 g/mol. The average molecular weight is 351 g/mol. The third-order valence-electron chi connectivity index (χ3n) is 3.00. The Hall–Kier alpha value is -3.36. The molecule has 0 radical (unpaired) electrons. The van der Waals surface area contributed by atoms with Gasteiger partial charge in [0.05, 0.1) is 40.2 Å². The van der Waals surface area contributed by atoms with E-state index in [0.717, 1.165) is 39.4 Å². The molecule has 134 valence electrons. The van der Waals surface area contributed by atoms with Crippen molar-refractivity contribution in [2.45, 2.75) is 0 Å². The van der Waals surface area contributed by atoms with Gasteiger partial charge in [-0.05, 0) is 12.2 Å². The molecule has 1 heterocycles. The Morgan fingerprint density at radius 2 is 1.40 bits per heavy atom. The first-order chi connectivity index (χ1) is 11.9. The fourth-order valence-corrected chi connectivity index (χ4v) is 1.86. The van der Waals surface area contributed by atoms with Gasteiger partial charge in [0.2, 0.25) is 0 Å². The molecule has 0 saturated carbocycles. The summed E-state index contributed by atoms with van der Waals surface area (Å²) in [6, 6.07) is 0. The highest BCUT2D eigenvalue weighted by Gasteiger charge is 2.31. The van der Waals surface area contributed by atoms with Gasteiger partial charge in [0.1, 0.15) is 5.70 Å². The van der Waals surface area contributed by atoms with E-state index in [1.165, 1.54) is 24.4 Å². The summed E-state index contributed by atoms with van der Waals surface area (Å²) >= 11 is 0. The number of nitrogens with zero attached hydrogens (tertiary/aromatic N) is 1. The van der Waals surface area contributed by atoms with Crippen molar-refractivity contribution < 1.29 is 38.1 Å². The van der Waals surface area contributed by atoms with Crippen LogP contribution in [-0.4, -0.2) is 57.2 Å². The number of ether oxygens (including phenoxy) is 4. The zero-order valence-corrected chi connectivity index (χ0v) is 14.1. The highest BCUT2D eigenvalue weighted by atomic mass is 16.5. The highest BCUT2D eigenvalue weighted by Crippen LogP contribution is 2.24. The molecule has 1 aliphatic rings. The molecule has 0 aromatic rings. The minimum Gasteiger partial charge on any atom is -0.466 e. The lowest BCUT2D eigenvalue weighted by atomic mass is 10.1. The number of hydrogen-bond acceptors (Lipinski definition) is 9. The van der Waals surface area contributed by atoms with E-state index in [2.05, 4.69) is 18.9 Å². The maximum atomic E-state index is 12.1. The molecule has 0 aromatic carbocycles. The Bertz CT molecular complexity index is 681. The molecule has 1 aliphatic heterocycles. The van der Waals surface area contributed by atoms with E-state index in [1.54, 1.807) is 0 Å². The first-order valence-corrected chi connectivity index (χ1v) is 6.84. The van der Waals surface area contributed by atoms with Crippen LogP contribution in [0, 0.1) is 0 Å². The van der Waals surface area contributed by atoms with Crippen molar-refractivity contribution in [3.05, 3.63) is 47.5 Å². The Morgan fingerprint density at radius 3 is 1.88 bits per heavy atom. The molecule has 0 aliphatic carbocycles. The maximum Gasteiger partial charge on any atom is 0.355 e. The van der Waals surface area contributed by atoms with Crippen LogP contribution in [0.25, 0.3) is 0 Å². The smallest absolute Gasteiger partial charge is 0.355 e. The van der Waals surface area contributed by atoms with Crippen molar-refractivity contribution in [1.82, 2.24) is 4.90 Å². The molecule has 0 N–H and O–H groups in total. The molecule has 1 rings (SSSR count). The van der Waals surface area contributed by atoms with Crippen LogP contribution >= 0.6 is 0 Å². The van der Waals surface area contributed by atoms with Gasteiger partial charge in [0.15, 0.2) is 5.57 Å². The first-order valence-electron chi connectivity index (χ1n) is 6.84. The second-order valence-electron chi connectivity index (χ2n) is 4.36. The lowest BCUT2D eigenvalue weighted by Crippen LogP contribution is -2.29. The summed E-state index contributed by atoms with van der Waals surface area (Å²) in [5.74, 6) is -3.68. The predicted molar refractivity (Wildman–Crippen MR) is 83.3 cm³/mol. The third kappa shape index (κ3) is 4.56. The summed E-state index contributed by atoms with van der Waals surface area (Å²) < 4.78 is 18.3. The van der Waals surface area contributed by atoms with Crippen molar-refractivity contribution in [3.8, 4) is 0 Å². The van der Waals surface area contributed by atoms with Gasteiger partial charge in [-0.3, -0.25) is 0 Å². The number of methoxy groups -OCH3 is 4. The van der Waals surface area contributed by atoms with Crippen LogP contribution in [0.2, 0.25) is 0 Å². The molecular formula is C16H17NO8. The molecule has 0 amide bonds. The van der Waals surface area contributed by atoms with Crippen LogP contribution in [0.5, 0.6) is 0 Å². The van der Waals surface area contributed by atoms with Crippen LogP contribution in [0.4, 0.5) is 0 Å². The van der Waals surface area contributed by atoms with Crippen molar-refractivity contribution in [3.63, 3.8) is 0 Å². The minimum absolute atomic E-state index is 0.0400. The summed E-state index contributed by atoms with van der Waals surface area (Å²) in [5.41, 5.74) is -0.790. The molecule has 9 nitrogen and oxygen atoms in total. The SMILES string of the molecule is COC(=O)/C=C(/C(=O)OC)N1C=CC=CC1=C(C(=O)OC)C(=O)OC. The summed E-state index contributed by atoms with van der Waals surface area (Å²) in [5, 5.41) is 0. The molecule has 0 aromatic heterocycles. The Balaban J connectivity index is 3.61. The van der Waals surface area contributed by atoms with Crippen molar-refractivity contribution >= 4 is 23.9 Å². The van der Waals surface area contributed by atoms with Gasteiger partial charge in [-0.2, -0.15) is 0 Å². The van der Waals surface area contributed by atoms with Crippen molar-refractivity contribution in [2.24, 2.45) is 0 Å². The highest BCUT2D eigenvalue weighted by molar-refractivity contribution is 6.15. The fourth-order valence-electron chi connectivity index (χ4n) is 1.86. The second kappa shape index (κ2) is 9.06. The molecular weight excluding hydrogens is 334 g/mol. The normalized spacial score (nSPS) is 13.2. The third-order valence-corrected chi connectivity index (χ3v) is 3.00. The molecule has 9 heteroatoms. The number of hydrogen-bond donors (Lipinski definition) is 0. The Kier molecular flexibility index (Phi) is 7.14. The number of rotatable bonds is 5. The molecule has 0 atom stereocenters. The predicted octanol–water partition coefficient (Wildman–Crippen LogP) is 0.202. The van der Waals surface area contributed by atoms with Crippen LogP contribution in [0.15, 0.2) is 47.5 Å². The summed E-state index contributed by atoms with van der Waals surface area (Å²) in [6.45, 7) is 0. The standard InChI is InChI=1S/C16H17NO8/c1-22-12(18)9-11(14(19)23-2)17-8-6-5-7-10(17)13(15(20)24-3)16(21)25-4/h5-9H,1-4H3/b11-9-.